The summed E-state index contributed by atoms with van der Waals surface area (Å²) in [6, 6.07) is 0. The molecule has 2 aliphatic rings. The van der Waals surface area contributed by atoms with Crippen LogP contribution < -0.4 is 5.32 Å². The van der Waals surface area contributed by atoms with Crippen LogP contribution in [-0.2, 0) is 4.79 Å². The molecule has 0 aliphatic carbocycles. The molecule has 0 aromatic carbocycles. The molecule has 0 aromatic rings. The standard InChI is InChI=1S/C16H28F3N3O/c1-20-7-4-13-5-9-21(10-6-13)12-15(23)22-8-2-3-14(11-22)16(17,18)19/h13-14,20H,2-12H2,1H3. The van der Waals surface area contributed by atoms with Gasteiger partial charge >= 0.3 is 6.18 Å². The Morgan fingerprint density at radius 1 is 1.17 bits per heavy atom. The van der Waals surface area contributed by atoms with Gasteiger partial charge in [0.05, 0.1) is 12.5 Å². The third-order valence-corrected chi connectivity index (χ3v) is 5.11. The van der Waals surface area contributed by atoms with Crippen LogP contribution in [0.4, 0.5) is 13.2 Å². The Kier molecular flexibility index (Phi) is 6.71. The van der Waals surface area contributed by atoms with E-state index < -0.39 is 12.1 Å². The summed E-state index contributed by atoms with van der Waals surface area (Å²) in [5.41, 5.74) is 0. The van der Waals surface area contributed by atoms with Gasteiger partial charge in [-0.3, -0.25) is 9.69 Å². The van der Waals surface area contributed by atoms with Crippen LogP contribution in [0.5, 0.6) is 0 Å². The van der Waals surface area contributed by atoms with Crippen molar-refractivity contribution < 1.29 is 18.0 Å². The highest BCUT2D eigenvalue weighted by atomic mass is 19.4. The molecule has 2 heterocycles. The molecule has 0 aromatic heterocycles. The molecule has 2 saturated heterocycles. The van der Waals surface area contributed by atoms with Gasteiger partial charge in [0.25, 0.3) is 0 Å². The van der Waals surface area contributed by atoms with Crippen molar-refractivity contribution in [2.24, 2.45) is 11.8 Å². The van der Waals surface area contributed by atoms with E-state index in [1.807, 2.05) is 7.05 Å². The number of alkyl halides is 3. The van der Waals surface area contributed by atoms with Crippen molar-refractivity contribution in [1.29, 1.82) is 0 Å². The Morgan fingerprint density at radius 3 is 2.48 bits per heavy atom. The highest BCUT2D eigenvalue weighted by molar-refractivity contribution is 5.78. The summed E-state index contributed by atoms with van der Waals surface area (Å²) in [5.74, 6) is -0.807. The monoisotopic (exact) mass is 335 g/mol. The van der Waals surface area contributed by atoms with Gasteiger partial charge in [0.1, 0.15) is 0 Å². The lowest BCUT2D eigenvalue weighted by atomic mass is 9.93. The predicted molar refractivity (Wildman–Crippen MR) is 83.1 cm³/mol. The van der Waals surface area contributed by atoms with E-state index in [1.165, 1.54) is 4.90 Å². The average Bonchev–Trinajstić information content (AvgIpc) is 2.53. The summed E-state index contributed by atoms with van der Waals surface area (Å²) in [5, 5.41) is 3.15. The van der Waals surface area contributed by atoms with Crippen molar-refractivity contribution in [2.45, 2.75) is 38.3 Å². The Morgan fingerprint density at radius 2 is 1.87 bits per heavy atom. The van der Waals surface area contributed by atoms with E-state index in [9.17, 15) is 18.0 Å². The molecule has 0 bridgehead atoms. The summed E-state index contributed by atoms with van der Waals surface area (Å²) in [4.78, 5) is 15.8. The number of halogens is 3. The number of carbonyl (C=O) groups excluding carboxylic acids is 1. The zero-order valence-corrected chi connectivity index (χ0v) is 13.9. The van der Waals surface area contributed by atoms with Gasteiger partial charge in [-0.2, -0.15) is 13.2 Å². The van der Waals surface area contributed by atoms with Crippen LogP contribution in [0.2, 0.25) is 0 Å². The highest BCUT2D eigenvalue weighted by Gasteiger charge is 2.42. The van der Waals surface area contributed by atoms with Gasteiger partial charge in [-0.25, -0.2) is 0 Å². The van der Waals surface area contributed by atoms with Gasteiger partial charge in [0.15, 0.2) is 0 Å². The lowest BCUT2D eigenvalue weighted by Crippen LogP contribution is -2.49. The molecule has 1 N–H and O–H groups in total. The van der Waals surface area contributed by atoms with Gasteiger partial charge in [0, 0.05) is 13.1 Å². The van der Waals surface area contributed by atoms with E-state index in [2.05, 4.69) is 10.2 Å². The highest BCUT2D eigenvalue weighted by Crippen LogP contribution is 2.33. The second-order valence-electron chi connectivity index (χ2n) is 6.83. The molecule has 0 spiro atoms. The van der Waals surface area contributed by atoms with Crippen LogP contribution in [-0.4, -0.2) is 68.2 Å². The van der Waals surface area contributed by atoms with Crippen LogP contribution in [0.25, 0.3) is 0 Å². The van der Waals surface area contributed by atoms with Gasteiger partial charge in [-0.05, 0) is 64.7 Å². The van der Waals surface area contributed by atoms with E-state index >= 15 is 0 Å². The Labute approximate surface area is 136 Å². The molecule has 23 heavy (non-hydrogen) atoms. The number of piperidine rings is 2. The van der Waals surface area contributed by atoms with Crippen molar-refractivity contribution in [3.63, 3.8) is 0 Å². The zero-order chi connectivity index (χ0) is 16.9. The van der Waals surface area contributed by atoms with E-state index in [1.54, 1.807) is 0 Å². The summed E-state index contributed by atoms with van der Waals surface area (Å²) >= 11 is 0. The third-order valence-electron chi connectivity index (χ3n) is 5.11. The SMILES string of the molecule is CNCCC1CCN(CC(=O)N2CCCC(C(F)(F)F)C2)CC1. The summed E-state index contributed by atoms with van der Waals surface area (Å²) in [6.07, 6.45) is -0.311. The van der Waals surface area contributed by atoms with Gasteiger partial charge < -0.3 is 10.2 Å². The van der Waals surface area contributed by atoms with Crippen molar-refractivity contribution in [1.82, 2.24) is 15.1 Å². The quantitative estimate of drug-likeness (QED) is 0.836. The van der Waals surface area contributed by atoms with Crippen molar-refractivity contribution in [2.75, 3.05) is 46.3 Å². The van der Waals surface area contributed by atoms with E-state index in [0.717, 1.165) is 38.9 Å². The van der Waals surface area contributed by atoms with Crippen molar-refractivity contribution in [3.8, 4) is 0 Å². The first-order chi connectivity index (χ1) is 10.9. The lowest BCUT2D eigenvalue weighted by Gasteiger charge is -2.36. The van der Waals surface area contributed by atoms with Crippen molar-refractivity contribution >= 4 is 5.91 Å². The largest absolute Gasteiger partial charge is 0.393 e. The smallest absolute Gasteiger partial charge is 0.341 e. The molecular formula is C16H28F3N3O. The second kappa shape index (κ2) is 8.33. The maximum Gasteiger partial charge on any atom is 0.393 e. The minimum atomic E-state index is -4.19. The molecule has 0 radical (unpaired) electrons. The normalized spacial score (nSPS) is 24.9. The van der Waals surface area contributed by atoms with Crippen LogP contribution in [0, 0.1) is 11.8 Å². The van der Waals surface area contributed by atoms with Gasteiger partial charge in [0.2, 0.25) is 5.91 Å². The Balaban J connectivity index is 1.74. The summed E-state index contributed by atoms with van der Waals surface area (Å²) < 4.78 is 38.5. The fourth-order valence-electron chi connectivity index (χ4n) is 3.54. The molecule has 4 nitrogen and oxygen atoms in total. The Hall–Kier alpha value is -0.820. The zero-order valence-electron chi connectivity index (χ0n) is 13.9. The van der Waals surface area contributed by atoms with E-state index in [4.69, 9.17) is 0 Å². The minimum Gasteiger partial charge on any atom is -0.341 e. The fraction of sp³-hybridized carbons (Fsp3) is 0.938. The molecular weight excluding hydrogens is 307 g/mol. The number of carbonyl (C=O) groups is 1. The maximum absolute atomic E-state index is 12.8. The van der Waals surface area contributed by atoms with E-state index in [-0.39, 0.29) is 25.4 Å². The van der Waals surface area contributed by atoms with Crippen molar-refractivity contribution in [3.05, 3.63) is 0 Å². The minimum absolute atomic E-state index is 0.143. The number of amides is 1. The summed E-state index contributed by atoms with van der Waals surface area (Å²) in [7, 11) is 1.95. The first-order valence-corrected chi connectivity index (χ1v) is 8.61. The topological polar surface area (TPSA) is 35.6 Å². The summed E-state index contributed by atoms with van der Waals surface area (Å²) in [6.45, 7) is 3.32. The number of nitrogens with zero attached hydrogens (tertiary/aromatic N) is 2. The van der Waals surface area contributed by atoms with Gasteiger partial charge in [-0.1, -0.05) is 0 Å². The number of nitrogens with one attached hydrogen (secondary N) is 1. The molecule has 1 unspecified atom stereocenters. The average molecular weight is 335 g/mol. The molecule has 2 fully saturated rings. The fourth-order valence-corrected chi connectivity index (χ4v) is 3.54. The molecule has 1 amide bonds. The third kappa shape index (κ3) is 5.64. The first-order valence-electron chi connectivity index (χ1n) is 8.61. The van der Waals surface area contributed by atoms with Gasteiger partial charge in [-0.15, -0.1) is 0 Å². The lowest BCUT2D eigenvalue weighted by molar-refractivity contribution is -0.188. The molecule has 2 aliphatic heterocycles. The second-order valence-corrected chi connectivity index (χ2v) is 6.83. The van der Waals surface area contributed by atoms with Crippen LogP contribution in [0.1, 0.15) is 32.1 Å². The number of rotatable bonds is 5. The van der Waals surface area contributed by atoms with Crippen LogP contribution in [0.3, 0.4) is 0 Å². The number of hydrogen-bond donors (Lipinski definition) is 1. The number of likely N-dealkylation sites (tertiary alicyclic amines) is 2. The van der Waals surface area contributed by atoms with Crippen LogP contribution in [0.15, 0.2) is 0 Å². The molecule has 7 heteroatoms. The predicted octanol–water partition coefficient (Wildman–Crippen LogP) is 2.11. The van der Waals surface area contributed by atoms with Crippen LogP contribution >= 0.6 is 0 Å². The number of hydrogen-bond acceptors (Lipinski definition) is 3. The first kappa shape index (κ1) is 18.5. The Bertz CT molecular complexity index is 381. The molecule has 1 atom stereocenters. The van der Waals surface area contributed by atoms with E-state index in [0.29, 0.717) is 18.9 Å². The molecule has 0 saturated carbocycles. The molecule has 134 valence electrons. The molecule has 2 rings (SSSR count). The maximum atomic E-state index is 12.8.